The largest absolute Gasteiger partial charge is 0.497 e. The van der Waals surface area contributed by atoms with Crippen LogP contribution in [0.25, 0.3) is 11.4 Å². The molecule has 8 nitrogen and oxygen atoms in total. The van der Waals surface area contributed by atoms with Crippen molar-refractivity contribution in [2.45, 2.75) is 20.0 Å². The summed E-state index contributed by atoms with van der Waals surface area (Å²) in [6.07, 6.45) is 0. The number of benzene rings is 2. The lowest BCUT2D eigenvalue weighted by atomic mass is 10.2. The molecule has 1 heterocycles. The number of rotatable bonds is 8. The van der Waals surface area contributed by atoms with Gasteiger partial charge >= 0.3 is 0 Å². The van der Waals surface area contributed by atoms with Crippen molar-refractivity contribution >= 4 is 29.9 Å². The van der Waals surface area contributed by atoms with Gasteiger partial charge in [-0.05, 0) is 48.9 Å². The van der Waals surface area contributed by atoms with E-state index in [1.165, 1.54) is 5.56 Å². The van der Waals surface area contributed by atoms with Gasteiger partial charge in [0.15, 0.2) is 11.8 Å². The van der Waals surface area contributed by atoms with Gasteiger partial charge in [-0.3, -0.25) is 10.1 Å². The van der Waals surface area contributed by atoms with Crippen molar-refractivity contribution in [2.75, 3.05) is 27.8 Å². The minimum absolute atomic E-state index is 0. The number of nitrogens with one attached hydrogen (secondary N) is 2. The molecule has 0 bridgehead atoms. The van der Waals surface area contributed by atoms with Crippen LogP contribution in [0.5, 0.6) is 11.5 Å². The van der Waals surface area contributed by atoms with Gasteiger partial charge in [-0.1, -0.05) is 12.1 Å². The maximum atomic E-state index is 5.50. The fraction of sp³-hybridized carbons (Fsp3) is 0.318. The summed E-state index contributed by atoms with van der Waals surface area (Å²) >= 11 is 0. The molecule has 1 aromatic heterocycles. The minimum Gasteiger partial charge on any atom is -0.497 e. The number of H-pyrrole nitrogens is 1. The number of ether oxygens (including phenoxy) is 2. The molecule has 3 rings (SSSR count). The van der Waals surface area contributed by atoms with Gasteiger partial charge in [0.25, 0.3) is 0 Å². The molecular weight excluding hydrogens is 507 g/mol. The van der Waals surface area contributed by atoms with Crippen LogP contribution in [-0.4, -0.2) is 53.9 Å². The second-order valence-electron chi connectivity index (χ2n) is 6.67. The average Bonchev–Trinajstić information content (AvgIpc) is 3.25. The Morgan fingerprint density at radius 2 is 1.77 bits per heavy atom. The summed E-state index contributed by atoms with van der Waals surface area (Å²) in [7, 11) is 5.40. The molecule has 0 amide bonds. The Labute approximate surface area is 200 Å². The Morgan fingerprint density at radius 3 is 2.39 bits per heavy atom. The monoisotopic (exact) mass is 536 g/mol. The molecule has 2 N–H and O–H groups in total. The molecule has 0 unspecified atom stereocenters. The molecule has 0 saturated heterocycles. The van der Waals surface area contributed by atoms with Gasteiger partial charge in [-0.25, -0.2) is 4.98 Å². The van der Waals surface area contributed by atoms with E-state index in [2.05, 4.69) is 42.5 Å². The Morgan fingerprint density at radius 1 is 1.10 bits per heavy atom. The molecule has 3 aromatic rings. The molecule has 2 aromatic carbocycles. The number of guanidine groups is 1. The van der Waals surface area contributed by atoms with E-state index in [4.69, 9.17) is 9.47 Å². The van der Waals surface area contributed by atoms with Crippen LogP contribution in [0.1, 0.15) is 18.3 Å². The zero-order valence-electron chi connectivity index (χ0n) is 18.3. The molecule has 0 aliphatic carbocycles. The van der Waals surface area contributed by atoms with Crippen LogP contribution in [0.3, 0.4) is 0 Å². The molecular formula is C22H29IN6O2. The number of hydrogen-bond donors (Lipinski definition) is 2. The third kappa shape index (κ3) is 6.84. The van der Waals surface area contributed by atoms with Gasteiger partial charge in [-0.2, -0.15) is 5.10 Å². The summed E-state index contributed by atoms with van der Waals surface area (Å²) in [6, 6.07) is 15.7. The first-order chi connectivity index (χ1) is 14.6. The van der Waals surface area contributed by atoms with Gasteiger partial charge < -0.3 is 19.7 Å². The van der Waals surface area contributed by atoms with Crippen molar-refractivity contribution in [1.29, 1.82) is 0 Å². The lowest BCUT2D eigenvalue weighted by Crippen LogP contribution is -2.38. The fourth-order valence-electron chi connectivity index (χ4n) is 3.00. The highest BCUT2D eigenvalue weighted by molar-refractivity contribution is 14.0. The molecule has 31 heavy (non-hydrogen) atoms. The van der Waals surface area contributed by atoms with E-state index >= 15 is 0 Å². The van der Waals surface area contributed by atoms with Crippen LogP contribution in [0.4, 0.5) is 0 Å². The Kier molecular flexibility index (Phi) is 9.57. The molecule has 0 atom stereocenters. The average molecular weight is 536 g/mol. The van der Waals surface area contributed by atoms with Gasteiger partial charge in [0, 0.05) is 26.2 Å². The topological polar surface area (TPSA) is 87.7 Å². The molecule has 0 spiro atoms. The highest BCUT2D eigenvalue weighted by atomic mass is 127. The Balaban J connectivity index is 0.00000341. The van der Waals surface area contributed by atoms with Crippen LogP contribution in [-0.2, 0) is 13.1 Å². The fourth-order valence-corrected chi connectivity index (χ4v) is 3.00. The molecule has 0 aliphatic heterocycles. The first kappa shape index (κ1) is 24.4. The quantitative estimate of drug-likeness (QED) is 0.260. The number of aliphatic imine (C=N–C) groups is 1. The summed E-state index contributed by atoms with van der Waals surface area (Å²) in [5.74, 6) is 3.83. The Bertz CT molecular complexity index is 957. The first-order valence-electron chi connectivity index (χ1n) is 9.82. The van der Waals surface area contributed by atoms with Gasteiger partial charge in [-0.15, -0.1) is 24.0 Å². The van der Waals surface area contributed by atoms with Crippen molar-refractivity contribution in [3.63, 3.8) is 0 Å². The summed E-state index contributed by atoms with van der Waals surface area (Å²) < 4.78 is 10.7. The van der Waals surface area contributed by atoms with Crippen molar-refractivity contribution in [3.8, 4) is 22.9 Å². The summed E-state index contributed by atoms with van der Waals surface area (Å²) in [6.45, 7) is 3.85. The third-order valence-corrected chi connectivity index (χ3v) is 4.52. The van der Waals surface area contributed by atoms with Crippen LogP contribution in [0, 0.1) is 0 Å². The van der Waals surface area contributed by atoms with Gasteiger partial charge in [0.1, 0.15) is 17.3 Å². The molecule has 0 fully saturated rings. The zero-order valence-corrected chi connectivity index (χ0v) is 20.6. The summed E-state index contributed by atoms with van der Waals surface area (Å²) in [4.78, 5) is 11.0. The summed E-state index contributed by atoms with van der Waals surface area (Å²) in [5.41, 5.74) is 2.10. The Hall–Kier alpha value is -2.82. The number of aromatic amines is 1. The lowest BCUT2D eigenvalue weighted by Gasteiger charge is -2.22. The number of halogens is 1. The number of nitrogens with zero attached hydrogens (tertiary/aromatic N) is 4. The normalized spacial score (nSPS) is 10.9. The van der Waals surface area contributed by atoms with Gasteiger partial charge in [0.05, 0.1) is 20.3 Å². The summed E-state index contributed by atoms with van der Waals surface area (Å²) in [5, 5.41) is 10.6. The SMILES string of the molecule is CCOc1ccc(CN(C)C(=NC)NCc2nc(-c3ccc(OC)cc3)n[nH]2)cc1.I. The van der Waals surface area contributed by atoms with Crippen LogP contribution in [0.15, 0.2) is 53.5 Å². The number of methoxy groups -OCH3 is 1. The van der Waals surface area contributed by atoms with Gasteiger partial charge in [0.2, 0.25) is 0 Å². The maximum absolute atomic E-state index is 5.50. The predicted molar refractivity (Wildman–Crippen MR) is 133 cm³/mol. The smallest absolute Gasteiger partial charge is 0.194 e. The van der Waals surface area contributed by atoms with E-state index in [0.29, 0.717) is 19.0 Å². The van der Waals surface area contributed by atoms with Crippen molar-refractivity contribution < 1.29 is 9.47 Å². The number of aromatic nitrogens is 3. The number of hydrogen-bond acceptors (Lipinski definition) is 5. The molecule has 166 valence electrons. The van der Waals surface area contributed by atoms with E-state index in [-0.39, 0.29) is 24.0 Å². The van der Waals surface area contributed by atoms with Crippen LogP contribution in [0.2, 0.25) is 0 Å². The lowest BCUT2D eigenvalue weighted by molar-refractivity contribution is 0.340. The highest BCUT2D eigenvalue weighted by Gasteiger charge is 2.10. The van der Waals surface area contributed by atoms with E-state index in [0.717, 1.165) is 35.4 Å². The van der Waals surface area contributed by atoms with E-state index in [9.17, 15) is 0 Å². The molecule has 0 saturated carbocycles. The predicted octanol–water partition coefficient (Wildman–Crippen LogP) is 3.70. The highest BCUT2D eigenvalue weighted by Crippen LogP contribution is 2.19. The van der Waals surface area contributed by atoms with Crippen molar-refractivity contribution in [1.82, 2.24) is 25.4 Å². The van der Waals surface area contributed by atoms with Crippen molar-refractivity contribution in [2.24, 2.45) is 4.99 Å². The van der Waals surface area contributed by atoms with Crippen molar-refractivity contribution in [3.05, 3.63) is 59.9 Å². The standard InChI is InChI=1S/C22H28N6O2.HI/c1-5-30-19-10-6-16(7-11-19)15-28(3)22(23-2)24-14-20-25-21(27-26-20)17-8-12-18(29-4)13-9-17;/h6-13H,5,14-15H2,1-4H3,(H,23,24)(H,25,26,27);1H. The van der Waals surface area contributed by atoms with Crippen LogP contribution >= 0.6 is 24.0 Å². The third-order valence-electron chi connectivity index (χ3n) is 4.52. The second-order valence-corrected chi connectivity index (χ2v) is 6.67. The first-order valence-corrected chi connectivity index (χ1v) is 9.82. The zero-order chi connectivity index (χ0) is 21.3. The second kappa shape index (κ2) is 12.1. The van der Waals surface area contributed by atoms with E-state index in [1.54, 1.807) is 14.2 Å². The van der Waals surface area contributed by atoms with E-state index in [1.807, 2.05) is 50.4 Å². The molecule has 9 heteroatoms. The van der Waals surface area contributed by atoms with Crippen LogP contribution < -0.4 is 14.8 Å². The van der Waals surface area contributed by atoms with E-state index < -0.39 is 0 Å². The molecule has 0 radical (unpaired) electrons. The molecule has 0 aliphatic rings. The maximum Gasteiger partial charge on any atom is 0.194 e. The minimum atomic E-state index is 0.